The van der Waals surface area contributed by atoms with Crippen molar-refractivity contribution < 1.29 is 62.1 Å². The predicted octanol–water partition coefficient (Wildman–Crippen LogP) is 31.8. The molecule has 0 fully saturated rings. The third-order valence-electron chi connectivity index (χ3n) is 30.5. The number of para-hydroxylation sites is 4. The van der Waals surface area contributed by atoms with Crippen molar-refractivity contribution in [3.05, 3.63) is 287 Å². The number of carbonyl (C=O) groups is 9. The first kappa shape index (κ1) is 113. The monoisotopic (exact) mass is 1900 g/mol. The lowest BCUT2D eigenvalue weighted by Crippen LogP contribution is -2.40. The van der Waals surface area contributed by atoms with Crippen LogP contribution in [0.1, 0.15) is 335 Å². The van der Waals surface area contributed by atoms with Gasteiger partial charge in [0, 0.05) is 63.8 Å². The Morgan fingerprint density at radius 1 is 0.369 bits per heavy atom. The van der Waals surface area contributed by atoms with Crippen LogP contribution in [0.2, 0.25) is 0 Å². The molecule has 0 spiro atoms. The summed E-state index contributed by atoms with van der Waals surface area (Å²) in [5.41, 5.74) is 10.0. The molecule has 1 N–H and O–H groups in total. The number of nitrogens with zero attached hydrogens (tertiary/aromatic N) is 3. The molecule has 4 unspecified atom stereocenters. The highest BCUT2D eigenvalue weighted by atomic mass is 16.6. The second-order valence-electron chi connectivity index (χ2n) is 46.0. The average Bonchev–Trinajstić information content (AvgIpc) is 1.60. The van der Waals surface area contributed by atoms with Gasteiger partial charge in [0.25, 0.3) is 0 Å². The van der Waals surface area contributed by atoms with E-state index in [-0.39, 0.29) is 103 Å². The van der Waals surface area contributed by atoms with Gasteiger partial charge in [0.05, 0.1) is 61.8 Å². The first-order valence-corrected chi connectivity index (χ1v) is 48.8. The third kappa shape index (κ3) is 26.5. The fraction of sp³-hybridized carbons (Fsp3) is 0.411. The van der Waals surface area contributed by atoms with E-state index in [0.29, 0.717) is 41.1 Å². The molecule has 4 atom stereocenters. The van der Waals surface area contributed by atoms with Crippen LogP contribution in [0.25, 0.3) is 66.0 Å². The van der Waals surface area contributed by atoms with Crippen molar-refractivity contribution in [2.45, 2.75) is 272 Å². The van der Waals surface area contributed by atoms with Crippen LogP contribution in [0.5, 0.6) is 11.5 Å². The van der Waals surface area contributed by atoms with Gasteiger partial charge in [-0.25, -0.2) is 0 Å². The Bertz CT molecular complexity index is 6520. The molecular weight excluding hydrogens is 1750 g/mol. The molecule has 1 aliphatic rings. The Morgan fingerprint density at radius 2 is 0.816 bits per heavy atom. The van der Waals surface area contributed by atoms with Gasteiger partial charge in [-0.2, -0.15) is 10.5 Å². The van der Waals surface area contributed by atoms with Gasteiger partial charge < -0.3 is 23.9 Å². The number of fused-ring (bicyclic) bond motifs is 7. The van der Waals surface area contributed by atoms with Gasteiger partial charge in [0.15, 0.2) is 23.1 Å². The number of esters is 4. The van der Waals surface area contributed by atoms with Crippen molar-refractivity contribution >= 4 is 85.5 Å². The van der Waals surface area contributed by atoms with Crippen molar-refractivity contribution in [2.75, 3.05) is 0 Å². The number of hydrogen-bond acceptors (Lipinski definition) is 15. The summed E-state index contributed by atoms with van der Waals surface area (Å²) in [6.45, 7) is 65.6. The van der Waals surface area contributed by atoms with E-state index in [2.05, 4.69) is 124 Å². The van der Waals surface area contributed by atoms with Crippen LogP contribution in [-0.2, 0) is 34.1 Å². The van der Waals surface area contributed by atoms with E-state index in [1.807, 2.05) is 305 Å². The number of aromatic nitrogens is 2. The molecule has 0 saturated carbocycles. The fourth-order valence-corrected chi connectivity index (χ4v) is 15.0. The molecule has 744 valence electrons. The summed E-state index contributed by atoms with van der Waals surface area (Å²) in [6.07, 6.45) is 0.305. The van der Waals surface area contributed by atoms with Gasteiger partial charge in [-0.1, -0.05) is 346 Å². The lowest BCUT2D eigenvalue weighted by molar-refractivity contribution is -0.165. The Balaban J connectivity index is 0.000000208. The minimum atomic E-state index is -0.634. The lowest BCUT2D eigenvalue weighted by Gasteiger charge is -2.39. The number of hydrogen-bond donors (Lipinski definition) is 1. The minimum absolute atomic E-state index is 0.0333. The molecule has 17 heteroatoms. The highest BCUT2D eigenvalue weighted by Gasteiger charge is 2.46. The highest BCUT2D eigenvalue weighted by Crippen LogP contribution is 2.50. The zero-order chi connectivity index (χ0) is 106. The molecule has 1 aliphatic carbocycles. The molecule has 2 aromatic heterocycles. The van der Waals surface area contributed by atoms with E-state index in [9.17, 15) is 53.7 Å². The van der Waals surface area contributed by atoms with E-state index in [0.717, 1.165) is 77.3 Å². The predicted molar refractivity (Wildman–Crippen MR) is 571 cm³/mol. The Morgan fingerprint density at radius 3 is 1.28 bits per heavy atom. The molecule has 10 aromatic carbocycles. The molecule has 141 heavy (non-hydrogen) atoms. The van der Waals surface area contributed by atoms with Crippen molar-refractivity contribution in [3.8, 4) is 57.0 Å². The number of ether oxygens (including phenoxy) is 4. The zero-order valence-electron chi connectivity index (χ0n) is 89.7. The summed E-state index contributed by atoms with van der Waals surface area (Å²) in [4.78, 5) is 113. The van der Waals surface area contributed by atoms with Gasteiger partial charge in [-0.3, -0.25) is 47.7 Å². The van der Waals surface area contributed by atoms with E-state index in [1.165, 1.54) is 24.8 Å². The molecule has 12 aromatic rings. The Kier molecular flexibility index (Phi) is 35.8. The first-order chi connectivity index (χ1) is 65.2. The van der Waals surface area contributed by atoms with Gasteiger partial charge in [-0.05, 0) is 213 Å². The molecule has 13 rings (SSSR count). The molecule has 0 radical (unpaired) electrons. The van der Waals surface area contributed by atoms with Crippen LogP contribution in [-0.4, -0.2) is 62.5 Å². The number of nitriles is 2. The maximum Gasteiger partial charge on any atom is 0.317 e. The van der Waals surface area contributed by atoms with E-state index >= 15 is 0 Å². The highest BCUT2D eigenvalue weighted by molar-refractivity contribution is 6.22. The number of rotatable bonds is 21. The van der Waals surface area contributed by atoms with Gasteiger partial charge in [0.2, 0.25) is 5.91 Å². The van der Waals surface area contributed by atoms with Crippen LogP contribution in [0.4, 0.5) is 0 Å². The number of aromatic amines is 1. The summed E-state index contributed by atoms with van der Waals surface area (Å²) in [7, 11) is 0. The number of H-pyrrole nitrogens is 1. The maximum atomic E-state index is 13.4. The summed E-state index contributed by atoms with van der Waals surface area (Å²) >= 11 is 0. The molecule has 17 nitrogen and oxygen atoms in total. The fourth-order valence-electron chi connectivity index (χ4n) is 15.0. The van der Waals surface area contributed by atoms with Gasteiger partial charge in [-0.15, -0.1) is 0 Å². The molecule has 0 aliphatic heterocycles. The van der Waals surface area contributed by atoms with Crippen molar-refractivity contribution in [3.63, 3.8) is 0 Å². The maximum absolute atomic E-state index is 13.4. The van der Waals surface area contributed by atoms with Crippen LogP contribution < -0.4 is 9.47 Å². The average molecular weight is 1900 g/mol. The number of benzene rings is 10. The number of Topliss-reactive ketones (excluding diaryl/α,β-unsaturated/α-hetero) is 3. The third-order valence-corrected chi connectivity index (χ3v) is 30.5. The van der Waals surface area contributed by atoms with Crippen molar-refractivity contribution in [2.24, 2.45) is 59.6 Å². The standard InChI is InChI=1S/C26H28O2.C23H26O3.C20H23NO.C19H24O.C18H26N2O3.C18H23NO3/c1-25(2,3)26(4,5)24(27)28-23-21(19-13-8-6-9-14-19)17-12-18-22(23)20-15-10-7-11-16-20;1-14(26-21(25)23(5,6)22(2,3)4)15-11-12-17-16-9-7-8-10-18(16)20(24)19(17)13-15;1-19(2,3)20(4,5)18(22)21-16-12-8-6-10-14(16)15-11-7-9-13-17(15)21;1-13(20)15-8-7-14-9-10-17(12-16(14)11-15)19(5,6)18(2,3)4;1-12(21)14-7-8-15(20-14)13(2)23-16(22)9-10-18(6,11-19)17(3,4)5;1-13(20)14-8-6-7-9-15(14)22-16(21)10-11-18(5,12-19)17(2,3)4/h6-18H,1-5H3;7-14H,1-6H3;6-13H,1-5H3;7-12H,1-6H3;7-8,13,20H,9-10H2,1-6H3;6-9H,10-11H2,1-5H3. The summed E-state index contributed by atoms with van der Waals surface area (Å²) in [6, 6.07) is 83.0. The topological polar surface area (TPSA) is 259 Å². The second-order valence-corrected chi connectivity index (χ2v) is 46.0. The summed E-state index contributed by atoms with van der Waals surface area (Å²) in [5, 5.41) is 23.4. The van der Waals surface area contributed by atoms with E-state index in [1.54, 1.807) is 50.2 Å². The minimum Gasteiger partial charge on any atom is -0.457 e. The lowest BCUT2D eigenvalue weighted by atomic mass is 9.65. The Labute approximate surface area is 838 Å². The van der Waals surface area contributed by atoms with Gasteiger partial charge in [0.1, 0.15) is 23.7 Å². The summed E-state index contributed by atoms with van der Waals surface area (Å²) in [5.74, 6) is -0.257. The van der Waals surface area contributed by atoms with Crippen molar-refractivity contribution in [1.29, 1.82) is 10.5 Å². The SMILES string of the molecule is CC(=O)c1ccc(C(C)OC(=O)CCC(C)(C#N)C(C)(C)C)[nH]1.CC(=O)c1ccc2ccc(C(C)(C)C(C)(C)C)cc2c1.CC(=O)c1ccccc1OC(=O)CCC(C)(C#N)C(C)(C)C.CC(C)(C)C(C)(C)C(=O)Oc1c(-c2ccccc2)cccc1-c1ccccc1.CC(C)(C)C(C)(C)C(=O)n1c2ccccc2c2ccccc21.CC(OC(=O)C(C)(C)C(C)(C)C)c1ccc2c(c1)C(=O)c1ccccc1-2. The molecule has 0 amide bonds. The van der Waals surface area contributed by atoms with Crippen LogP contribution in [0, 0.1) is 82.2 Å². The molecule has 2 heterocycles. The van der Waals surface area contributed by atoms with Crippen molar-refractivity contribution in [1.82, 2.24) is 9.55 Å². The largest absolute Gasteiger partial charge is 0.457 e. The quantitative estimate of drug-likeness (QED) is 0.0398. The van der Waals surface area contributed by atoms with E-state index in [4.69, 9.17) is 18.9 Å². The number of nitrogens with one attached hydrogen (secondary N) is 1. The van der Waals surface area contributed by atoms with Crippen LogP contribution >= 0.6 is 0 Å². The smallest absolute Gasteiger partial charge is 0.317 e. The Hall–Kier alpha value is -13.3. The number of carbonyl (C=O) groups excluding carboxylic acids is 9. The van der Waals surface area contributed by atoms with Gasteiger partial charge >= 0.3 is 23.9 Å². The number of ketones is 4. The summed E-state index contributed by atoms with van der Waals surface area (Å²) < 4.78 is 24.5. The van der Waals surface area contributed by atoms with Crippen LogP contribution in [0.15, 0.2) is 243 Å². The molecular formula is C124H150N4O13. The zero-order valence-corrected chi connectivity index (χ0v) is 89.7. The first-order valence-electron chi connectivity index (χ1n) is 48.8. The van der Waals surface area contributed by atoms with Crippen LogP contribution in [0.3, 0.4) is 0 Å². The molecule has 0 bridgehead atoms. The van der Waals surface area contributed by atoms with E-state index < -0.39 is 45.3 Å². The normalized spacial score (nSPS) is 13.5. The molecule has 0 saturated heterocycles. The second kappa shape index (κ2) is 44.7.